The molecule has 2 N–H and O–H groups in total. The highest BCUT2D eigenvalue weighted by molar-refractivity contribution is 5.31. The number of hydrogen-bond donors (Lipinski definition) is 1. The van der Waals surface area contributed by atoms with Crippen molar-refractivity contribution in [3.8, 4) is 0 Å². The molecule has 2 rings (SSSR count). The Morgan fingerprint density at radius 1 is 1.30 bits per heavy atom. The van der Waals surface area contributed by atoms with Crippen molar-refractivity contribution in [1.29, 1.82) is 0 Å². The lowest BCUT2D eigenvalue weighted by Crippen LogP contribution is -2.09. The number of aromatic nitrogens is 1. The normalized spacial score (nSPS) is 13.4. The van der Waals surface area contributed by atoms with Crippen molar-refractivity contribution in [3.05, 3.63) is 53.2 Å². The molecule has 0 spiro atoms. The van der Waals surface area contributed by atoms with Gasteiger partial charge in [-0.2, -0.15) is 13.2 Å². The Hall–Kier alpha value is -1.82. The number of halogens is 3. The Balaban J connectivity index is 2.25. The number of oxazole rings is 1. The number of nitrogens with two attached hydrogens (primary N) is 1. The van der Waals surface area contributed by atoms with Gasteiger partial charge in [0.05, 0.1) is 11.8 Å². The summed E-state index contributed by atoms with van der Waals surface area (Å²) in [5, 5.41) is 0. The van der Waals surface area contributed by atoms with Crippen LogP contribution in [0.15, 0.2) is 34.9 Å². The minimum Gasteiger partial charge on any atom is -0.445 e. The highest BCUT2D eigenvalue weighted by Crippen LogP contribution is 2.32. The summed E-state index contributed by atoms with van der Waals surface area (Å²) >= 11 is 0. The summed E-state index contributed by atoms with van der Waals surface area (Å²) in [6.07, 6.45) is -2.85. The molecule has 0 saturated carbocycles. The van der Waals surface area contributed by atoms with Crippen molar-refractivity contribution < 1.29 is 17.6 Å². The average Bonchev–Trinajstić information content (AvgIpc) is 2.86. The van der Waals surface area contributed by atoms with Gasteiger partial charge in [-0.15, -0.1) is 0 Å². The Bertz CT molecular complexity index is 578. The van der Waals surface area contributed by atoms with Gasteiger partial charge in [0.15, 0.2) is 5.89 Å². The summed E-state index contributed by atoms with van der Waals surface area (Å²) in [6, 6.07) is 5.42. The van der Waals surface area contributed by atoms with Crippen LogP contribution < -0.4 is 5.73 Å². The summed E-state index contributed by atoms with van der Waals surface area (Å²) in [5.41, 5.74) is 5.00. The van der Waals surface area contributed by atoms with Crippen LogP contribution in [-0.2, 0) is 12.6 Å². The minimum absolute atomic E-state index is 0.00545. The topological polar surface area (TPSA) is 52.0 Å². The van der Waals surface area contributed by atoms with Crippen molar-refractivity contribution in [2.24, 2.45) is 5.73 Å². The predicted molar refractivity (Wildman–Crippen MR) is 68.2 cm³/mol. The van der Waals surface area contributed by atoms with Gasteiger partial charge in [0.1, 0.15) is 5.76 Å². The second kappa shape index (κ2) is 5.66. The van der Waals surface area contributed by atoms with Crippen LogP contribution in [0, 0.1) is 0 Å². The van der Waals surface area contributed by atoms with E-state index in [4.69, 9.17) is 10.2 Å². The second-order valence-electron chi connectivity index (χ2n) is 4.62. The SMILES string of the molecule is CC(CN)c1cnc(Cc2ccccc2C(F)(F)F)o1. The lowest BCUT2D eigenvalue weighted by molar-refractivity contribution is -0.138. The summed E-state index contributed by atoms with van der Waals surface area (Å²) in [5.74, 6) is 0.845. The molecule has 0 aliphatic rings. The Morgan fingerprint density at radius 3 is 2.65 bits per heavy atom. The van der Waals surface area contributed by atoms with Gasteiger partial charge in [-0.1, -0.05) is 25.1 Å². The van der Waals surface area contributed by atoms with Crippen LogP contribution in [0.25, 0.3) is 0 Å². The molecule has 0 fully saturated rings. The summed E-state index contributed by atoms with van der Waals surface area (Å²) in [7, 11) is 0. The van der Waals surface area contributed by atoms with Gasteiger partial charge in [0.25, 0.3) is 0 Å². The van der Waals surface area contributed by atoms with Crippen LogP contribution in [-0.4, -0.2) is 11.5 Å². The maximum Gasteiger partial charge on any atom is 0.416 e. The fraction of sp³-hybridized carbons (Fsp3) is 0.357. The first-order valence-electron chi connectivity index (χ1n) is 6.21. The molecule has 0 bridgehead atoms. The third kappa shape index (κ3) is 3.19. The van der Waals surface area contributed by atoms with Crippen molar-refractivity contribution in [1.82, 2.24) is 4.98 Å². The van der Waals surface area contributed by atoms with E-state index in [0.717, 1.165) is 6.07 Å². The van der Waals surface area contributed by atoms with Gasteiger partial charge >= 0.3 is 6.18 Å². The van der Waals surface area contributed by atoms with Gasteiger partial charge in [-0.3, -0.25) is 0 Å². The molecule has 20 heavy (non-hydrogen) atoms. The van der Waals surface area contributed by atoms with Crippen LogP contribution in [0.3, 0.4) is 0 Å². The average molecular weight is 284 g/mol. The van der Waals surface area contributed by atoms with Crippen molar-refractivity contribution in [3.63, 3.8) is 0 Å². The molecule has 2 aromatic rings. The van der Waals surface area contributed by atoms with E-state index in [9.17, 15) is 13.2 Å². The number of rotatable bonds is 4. The molecule has 0 aliphatic heterocycles. The zero-order chi connectivity index (χ0) is 14.8. The van der Waals surface area contributed by atoms with Crippen LogP contribution in [0.2, 0.25) is 0 Å². The molecule has 0 saturated heterocycles. The smallest absolute Gasteiger partial charge is 0.416 e. The Kier molecular flexibility index (Phi) is 4.13. The van der Waals surface area contributed by atoms with Crippen molar-refractivity contribution in [2.45, 2.75) is 25.4 Å². The molecular formula is C14H15F3N2O. The maximum absolute atomic E-state index is 12.9. The first kappa shape index (κ1) is 14.6. The molecule has 1 aromatic heterocycles. The fourth-order valence-corrected chi connectivity index (χ4v) is 1.86. The van der Waals surface area contributed by atoms with Gasteiger partial charge in [0.2, 0.25) is 0 Å². The first-order valence-corrected chi connectivity index (χ1v) is 6.21. The standard InChI is InChI=1S/C14H15F3N2O/c1-9(7-18)12-8-19-13(20-12)6-10-4-2-3-5-11(10)14(15,16)17/h2-5,8-9H,6-7,18H2,1H3. The van der Waals surface area contributed by atoms with Crippen molar-refractivity contribution >= 4 is 0 Å². The lowest BCUT2D eigenvalue weighted by Gasteiger charge is -2.11. The first-order chi connectivity index (χ1) is 9.41. The monoisotopic (exact) mass is 284 g/mol. The number of nitrogens with zero attached hydrogens (tertiary/aromatic N) is 1. The predicted octanol–water partition coefficient (Wildman–Crippen LogP) is 3.35. The van der Waals surface area contributed by atoms with E-state index in [-0.39, 0.29) is 23.8 Å². The molecule has 0 aliphatic carbocycles. The van der Waals surface area contributed by atoms with E-state index >= 15 is 0 Å². The summed E-state index contributed by atoms with van der Waals surface area (Å²) in [4.78, 5) is 4.01. The Labute approximate surface area is 114 Å². The summed E-state index contributed by atoms with van der Waals surface area (Å²) in [6.45, 7) is 2.27. The summed E-state index contributed by atoms with van der Waals surface area (Å²) < 4.78 is 44.1. The van der Waals surface area contributed by atoms with E-state index in [1.54, 1.807) is 6.07 Å². The largest absolute Gasteiger partial charge is 0.445 e. The zero-order valence-electron chi connectivity index (χ0n) is 10.9. The maximum atomic E-state index is 12.9. The van der Waals surface area contributed by atoms with E-state index < -0.39 is 11.7 Å². The third-order valence-corrected chi connectivity index (χ3v) is 3.08. The highest BCUT2D eigenvalue weighted by Gasteiger charge is 2.33. The number of benzene rings is 1. The molecule has 1 atom stereocenters. The van der Waals surface area contributed by atoms with Crippen molar-refractivity contribution in [2.75, 3.05) is 6.54 Å². The van der Waals surface area contributed by atoms with Crippen LogP contribution in [0.5, 0.6) is 0 Å². The minimum atomic E-state index is -4.38. The van der Waals surface area contributed by atoms with E-state index in [2.05, 4.69) is 4.98 Å². The zero-order valence-corrected chi connectivity index (χ0v) is 10.9. The molecule has 108 valence electrons. The fourth-order valence-electron chi connectivity index (χ4n) is 1.86. The van der Waals surface area contributed by atoms with Gasteiger partial charge in [-0.05, 0) is 11.6 Å². The Morgan fingerprint density at radius 2 is 2.00 bits per heavy atom. The van der Waals surface area contributed by atoms with Gasteiger partial charge in [-0.25, -0.2) is 4.98 Å². The third-order valence-electron chi connectivity index (χ3n) is 3.08. The van der Waals surface area contributed by atoms with E-state index in [1.807, 2.05) is 6.92 Å². The van der Waals surface area contributed by atoms with Crippen LogP contribution in [0.4, 0.5) is 13.2 Å². The van der Waals surface area contributed by atoms with Gasteiger partial charge in [0, 0.05) is 18.9 Å². The molecular weight excluding hydrogens is 269 g/mol. The van der Waals surface area contributed by atoms with Crippen LogP contribution in [0.1, 0.15) is 35.6 Å². The van der Waals surface area contributed by atoms with E-state index in [0.29, 0.717) is 12.3 Å². The quantitative estimate of drug-likeness (QED) is 0.936. The molecule has 0 radical (unpaired) electrons. The molecule has 1 heterocycles. The highest BCUT2D eigenvalue weighted by atomic mass is 19.4. The molecule has 1 aromatic carbocycles. The molecule has 3 nitrogen and oxygen atoms in total. The number of hydrogen-bond acceptors (Lipinski definition) is 3. The van der Waals surface area contributed by atoms with Gasteiger partial charge < -0.3 is 10.2 Å². The molecule has 0 amide bonds. The van der Waals surface area contributed by atoms with E-state index in [1.165, 1.54) is 18.3 Å². The lowest BCUT2D eigenvalue weighted by atomic mass is 10.0. The van der Waals surface area contributed by atoms with Crippen LogP contribution >= 0.6 is 0 Å². The molecule has 6 heteroatoms. The molecule has 1 unspecified atom stereocenters. The second-order valence-corrected chi connectivity index (χ2v) is 4.62. The number of alkyl halides is 3.